The Hall–Kier alpha value is -1.33. The molecule has 0 aliphatic carbocycles. The van der Waals surface area contributed by atoms with E-state index >= 15 is 0 Å². The van der Waals surface area contributed by atoms with Crippen molar-refractivity contribution in [1.29, 1.82) is 0 Å². The average Bonchev–Trinajstić information content (AvgIpc) is 2.88. The van der Waals surface area contributed by atoms with Gasteiger partial charge in [-0.2, -0.15) is 5.10 Å². The molecule has 0 saturated carbocycles. The van der Waals surface area contributed by atoms with Crippen molar-refractivity contribution < 1.29 is 4.79 Å². The van der Waals surface area contributed by atoms with Crippen LogP contribution in [0.15, 0.2) is 18.5 Å². The number of aromatic nitrogens is 2. The van der Waals surface area contributed by atoms with Crippen LogP contribution in [-0.4, -0.2) is 23.6 Å². The Labute approximate surface area is 164 Å². The molecule has 0 aliphatic rings. The first-order valence-corrected chi connectivity index (χ1v) is 11.9. The molecule has 6 heteroatoms. The van der Waals surface area contributed by atoms with Crippen molar-refractivity contribution in [1.82, 2.24) is 9.61 Å². The van der Waals surface area contributed by atoms with Crippen LogP contribution in [0.4, 0.5) is 0 Å². The van der Waals surface area contributed by atoms with Gasteiger partial charge in [-0.25, -0.2) is 4.52 Å². The third-order valence-electron chi connectivity index (χ3n) is 5.17. The van der Waals surface area contributed by atoms with E-state index in [1.54, 1.807) is 23.0 Å². The van der Waals surface area contributed by atoms with Crippen LogP contribution >= 0.6 is 22.6 Å². The summed E-state index contributed by atoms with van der Waals surface area (Å²) in [4.78, 5) is 12.0. The number of fused-ring (bicyclic) bond motifs is 1. The number of carbonyl (C=O) groups excluding carboxylic acids is 1. The summed E-state index contributed by atoms with van der Waals surface area (Å²) in [5.41, 5.74) is 12.9. The molecular formula is C19H26IN3OSi. The molecule has 0 radical (unpaired) electrons. The Morgan fingerprint density at radius 1 is 1.20 bits per heavy atom. The molecule has 2 N–H and O–H groups in total. The third-order valence-corrected chi connectivity index (χ3v) is 12.3. The molecule has 0 atom stereocenters. The molecule has 0 unspecified atom stereocenters. The fourth-order valence-corrected chi connectivity index (χ4v) is 9.83. The molecule has 4 nitrogen and oxygen atoms in total. The molecule has 1 amide bonds. The molecule has 0 saturated heterocycles. The average molecular weight is 467 g/mol. The van der Waals surface area contributed by atoms with E-state index in [-0.39, 0.29) is 0 Å². The highest BCUT2D eigenvalue weighted by atomic mass is 127. The first-order valence-electron chi connectivity index (χ1n) is 8.61. The van der Waals surface area contributed by atoms with Gasteiger partial charge in [0.1, 0.15) is 8.07 Å². The summed E-state index contributed by atoms with van der Waals surface area (Å²) in [6, 6.07) is 1.71. The normalized spacial score (nSPS) is 12.1. The van der Waals surface area contributed by atoms with Gasteiger partial charge >= 0.3 is 0 Å². The van der Waals surface area contributed by atoms with E-state index in [9.17, 15) is 4.79 Å². The van der Waals surface area contributed by atoms with Crippen LogP contribution in [0.3, 0.4) is 0 Å². The number of nitrogens with two attached hydrogens (primary N) is 1. The molecule has 0 aromatic carbocycles. The molecule has 0 aliphatic heterocycles. The lowest BCUT2D eigenvalue weighted by molar-refractivity contribution is 0.1000. The second-order valence-electron chi connectivity index (χ2n) is 7.40. The van der Waals surface area contributed by atoms with Gasteiger partial charge in [0.2, 0.25) is 5.91 Å². The zero-order valence-electron chi connectivity index (χ0n) is 15.7. The van der Waals surface area contributed by atoms with Gasteiger partial charge < -0.3 is 5.73 Å². The maximum Gasteiger partial charge on any atom is 0.250 e. The molecule has 0 bridgehead atoms. The van der Waals surface area contributed by atoms with Gasteiger partial charge in [0.05, 0.1) is 26.4 Å². The van der Waals surface area contributed by atoms with Gasteiger partial charge in [-0.3, -0.25) is 4.79 Å². The number of hydrogen-bond acceptors (Lipinski definition) is 2. The van der Waals surface area contributed by atoms with Crippen LogP contribution in [0.5, 0.6) is 0 Å². The molecular weight excluding hydrogens is 441 g/mol. The van der Waals surface area contributed by atoms with Crippen LogP contribution in [0.2, 0.25) is 16.6 Å². The summed E-state index contributed by atoms with van der Waals surface area (Å²) >= 11 is 2.23. The molecule has 2 heterocycles. The SMILES string of the molecule is CC(C)[Si](C#Cc1c(C(N)=O)ccn2ncc(I)c12)(C(C)C)C(C)C. The van der Waals surface area contributed by atoms with Crippen molar-refractivity contribution in [3.05, 3.63) is 33.2 Å². The lowest BCUT2D eigenvalue weighted by Gasteiger charge is -2.38. The van der Waals surface area contributed by atoms with Crippen molar-refractivity contribution in [2.75, 3.05) is 0 Å². The molecule has 0 spiro atoms. The van der Waals surface area contributed by atoms with E-state index in [1.165, 1.54) is 0 Å². The topological polar surface area (TPSA) is 60.4 Å². The lowest BCUT2D eigenvalue weighted by Crippen LogP contribution is -2.43. The number of primary amides is 1. The minimum absolute atomic E-state index is 0.449. The number of carbonyl (C=O) groups is 1. The minimum atomic E-state index is -1.90. The minimum Gasteiger partial charge on any atom is -0.366 e. The third kappa shape index (κ3) is 3.49. The Morgan fingerprint density at radius 2 is 1.76 bits per heavy atom. The van der Waals surface area contributed by atoms with Gasteiger partial charge in [-0.05, 0) is 45.3 Å². The summed E-state index contributed by atoms with van der Waals surface area (Å²) < 4.78 is 2.73. The molecule has 25 heavy (non-hydrogen) atoms. The quantitative estimate of drug-likeness (QED) is 0.406. The van der Waals surface area contributed by atoms with E-state index in [1.807, 2.05) is 0 Å². The standard InChI is InChI=1S/C19H26IN3OSi/c1-12(2)25(13(3)4,14(5)6)10-8-15-16(19(21)24)7-9-23-18(15)17(20)11-22-23/h7,9,11-14H,1-6H3,(H2,21,24). The van der Waals surface area contributed by atoms with Crippen LogP contribution in [0.25, 0.3) is 5.52 Å². The van der Waals surface area contributed by atoms with Crippen LogP contribution < -0.4 is 5.73 Å². The van der Waals surface area contributed by atoms with Gasteiger partial charge in [-0.1, -0.05) is 47.5 Å². The second kappa shape index (κ2) is 7.50. The van der Waals surface area contributed by atoms with Crippen molar-refractivity contribution in [2.45, 2.75) is 58.2 Å². The number of nitrogens with zero attached hydrogens (tertiary/aromatic N) is 2. The van der Waals surface area contributed by atoms with Crippen molar-refractivity contribution in [3.8, 4) is 11.5 Å². The van der Waals surface area contributed by atoms with E-state index in [0.717, 1.165) is 9.09 Å². The molecule has 0 fully saturated rings. The number of halogens is 1. The molecule has 2 aromatic rings. The predicted molar refractivity (Wildman–Crippen MR) is 114 cm³/mol. The fourth-order valence-electron chi connectivity index (χ4n) is 3.98. The van der Waals surface area contributed by atoms with E-state index in [4.69, 9.17) is 5.73 Å². The first kappa shape index (κ1) is 20.0. The van der Waals surface area contributed by atoms with Crippen molar-refractivity contribution >= 4 is 42.1 Å². The maximum atomic E-state index is 12.0. The van der Waals surface area contributed by atoms with Crippen molar-refractivity contribution in [2.24, 2.45) is 5.73 Å². The van der Waals surface area contributed by atoms with E-state index in [0.29, 0.717) is 27.8 Å². The van der Waals surface area contributed by atoms with Crippen molar-refractivity contribution in [3.63, 3.8) is 0 Å². The maximum absolute atomic E-state index is 12.0. The van der Waals surface area contributed by atoms with Gasteiger partial charge in [-0.15, -0.1) is 5.54 Å². The first-order chi connectivity index (χ1) is 11.6. The number of rotatable bonds is 4. The second-order valence-corrected chi connectivity index (χ2v) is 14.1. The Morgan fingerprint density at radius 3 is 2.24 bits per heavy atom. The summed E-state index contributed by atoms with van der Waals surface area (Å²) in [6.45, 7) is 13.7. The van der Waals surface area contributed by atoms with E-state index < -0.39 is 14.0 Å². The highest BCUT2D eigenvalue weighted by Crippen LogP contribution is 2.41. The van der Waals surface area contributed by atoms with Gasteiger partial charge in [0.15, 0.2) is 0 Å². The fraction of sp³-hybridized carbons (Fsp3) is 0.474. The number of hydrogen-bond donors (Lipinski definition) is 1. The van der Waals surface area contributed by atoms with Crippen LogP contribution in [0.1, 0.15) is 57.5 Å². The summed E-state index contributed by atoms with van der Waals surface area (Å²) in [6.07, 6.45) is 3.55. The molecule has 2 rings (SSSR count). The van der Waals surface area contributed by atoms with Gasteiger partial charge in [0, 0.05) is 6.20 Å². The summed E-state index contributed by atoms with van der Waals surface area (Å²) in [5, 5.41) is 4.33. The monoisotopic (exact) mass is 467 g/mol. The molecule has 2 aromatic heterocycles. The Kier molecular flexibility index (Phi) is 6.00. The zero-order valence-corrected chi connectivity index (χ0v) is 18.9. The summed E-state index contributed by atoms with van der Waals surface area (Å²) in [5.74, 6) is 2.95. The lowest BCUT2D eigenvalue weighted by atomic mass is 10.1. The largest absolute Gasteiger partial charge is 0.366 e. The summed E-state index contributed by atoms with van der Waals surface area (Å²) in [7, 11) is -1.90. The van der Waals surface area contributed by atoms with Gasteiger partial charge in [0.25, 0.3) is 0 Å². The Bertz CT molecular complexity index is 837. The zero-order chi connectivity index (χ0) is 18.9. The smallest absolute Gasteiger partial charge is 0.250 e. The number of pyridine rings is 1. The Balaban J connectivity index is 2.79. The molecule has 134 valence electrons. The highest BCUT2D eigenvalue weighted by molar-refractivity contribution is 14.1. The predicted octanol–water partition coefficient (Wildman–Crippen LogP) is 4.61. The van der Waals surface area contributed by atoms with Crippen LogP contribution in [0, 0.1) is 15.0 Å². The van der Waals surface area contributed by atoms with E-state index in [2.05, 4.69) is 80.7 Å². The number of amides is 1. The highest BCUT2D eigenvalue weighted by Gasteiger charge is 2.41. The van der Waals surface area contributed by atoms with Crippen LogP contribution in [-0.2, 0) is 0 Å².